The topological polar surface area (TPSA) is 30.9 Å². The van der Waals surface area contributed by atoms with Gasteiger partial charge in [0, 0.05) is 34.6 Å². The smallest absolute Gasteiger partial charge is 0.136 e. The van der Waals surface area contributed by atoms with Crippen LogP contribution in [0.5, 0.6) is 0 Å². The predicted molar refractivity (Wildman–Crippen MR) is 62.1 cm³/mol. The van der Waals surface area contributed by atoms with Gasteiger partial charge in [-0.2, -0.15) is 5.10 Å². The van der Waals surface area contributed by atoms with Gasteiger partial charge in [0.05, 0.1) is 0 Å². The Morgan fingerprint density at radius 3 is 2.21 bits per heavy atom. The van der Waals surface area contributed by atoms with Crippen LogP contribution in [0.2, 0.25) is 0 Å². The lowest BCUT2D eigenvalue weighted by Crippen LogP contribution is -2.37. The van der Waals surface area contributed by atoms with Gasteiger partial charge in [-0.05, 0) is 6.42 Å². The fourth-order valence-corrected chi connectivity index (χ4v) is 1.17. The average molecular weight is 200 g/mol. The Hall–Kier alpha value is -0.770. The van der Waals surface area contributed by atoms with E-state index >= 15 is 0 Å². The molecule has 0 rings (SSSR count). The number of hydrogen-bond donors (Lipinski definition) is 1. The van der Waals surface area contributed by atoms with Gasteiger partial charge in [0.15, 0.2) is 0 Å². The Morgan fingerprint density at radius 1 is 1.14 bits per heavy atom. The molecule has 0 spiro atoms. The van der Waals surface area contributed by atoms with E-state index in [1.165, 1.54) is 19.3 Å². The summed E-state index contributed by atoms with van der Waals surface area (Å²) in [5.41, 5.74) is 3.21. The zero-order chi connectivity index (χ0) is 11.0. The van der Waals surface area contributed by atoms with Crippen LogP contribution in [0, 0.1) is 0 Å². The minimum absolute atomic E-state index is 1.02. The van der Waals surface area contributed by atoms with Crippen molar-refractivity contribution in [1.82, 2.24) is 15.4 Å². The van der Waals surface area contributed by atoms with E-state index < -0.39 is 0 Å². The Bertz CT molecular complexity index is 164. The first-order chi connectivity index (χ1) is 6.56. The van der Waals surface area contributed by atoms with Crippen molar-refractivity contribution in [2.75, 3.05) is 28.2 Å². The Balaban J connectivity index is 3.98. The Kier molecular flexibility index (Phi) is 7.20. The van der Waals surface area contributed by atoms with Gasteiger partial charge in [-0.3, -0.25) is 0 Å². The summed E-state index contributed by atoms with van der Waals surface area (Å²) in [4.78, 5) is 0. The van der Waals surface area contributed by atoms with Gasteiger partial charge in [0.2, 0.25) is 0 Å². The number of hydrogen-bond acceptors (Lipinski definition) is 3. The van der Waals surface area contributed by atoms with Crippen molar-refractivity contribution < 1.29 is 0 Å². The first kappa shape index (κ1) is 13.2. The van der Waals surface area contributed by atoms with E-state index in [1.54, 1.807) is 0 Å². The van der Waals surface area contributed by atoms with E-state index in [0.717, 1.165) is 12.3 Å². The number of nitrogens with zero attached hydrogens (tertiary/aromatic N) is 3. The lowest BCUT2D eigenvalue weighted by Gasteiger charge is -2.17. The molecule has 84 valence electrons. The minimum Gasteiger partial charge on any atom is -0.306 e. The van der Waals surface area contributed by atoms with Gasteiger partial charge in [0.25, 0.3) is 0 Å². The van der Waals surface area contributed by atoms with E-state index in [0.29, 0.717) is 0 Å². The molecule has 4 nitrogen and oxygen atoms in total. The third-order valence-electron chi connectivity index (χ3n) is 1.69. The van der Waals surface area contributed by atoms with Gasteiger partial charge >= 0.3 is 0 Å². The molecule has 0 saturated carbocycles. The summed E-state index contributed by atoms with van der Waals surface area (Å²) >= 11 is 0. The van der Waals surface area contributed by atoms with Crippen molar-refractivity contribution in [3.05, 3.63) is 0 Å². The number of unbranched alkanes of at least 4 members (excludes halogenated alkanes) is 2. The summed E-state index contributed by atoms with van der Waals surface area (Å²) in [6.07, 6.45) is 4.73. The number of hydrazine groups is 1. The molecule has 14 heavy (non-hydrogen) atoms. The Morgan fingerprint density at radius 2 is 1.79 bits per heavy atom. The molecule has 0 bridgehead atoms. The van der Waals surface area contributed by atoms with E-state index in [1.807, 2.05) is 38.2 Å². The molecular formula is C10H24N4. The lowest BCUT2D eigenvalue weighted by molar-refractivity contribution is 0.346. The molecule has 0 fully saturated rings. The fourth-order valence-electron chi connectivity index (χ4n) is 1.17. The third-order valence-corrected chi connectivity index (χ3v) is 1.69. The molecule has 0 radical (unpaired) electrons. The molecule has 1 N–H and O–H groups in total. The second-order valence-electron chi connectivity index (χ2n) is 3.86. The highest BCUT2D eigenvalue weighted by molar-refractivity contribution is 5.81. The van der Waals surface area contributed by atoms with Crippen LogP contribution >= 0.6 is 0 Å². The summed E-state index contributed by atoms with van der Waals surface area (Å²) in [6, 6.07) is 0. The first-order valence-corrected chi connectivity index (χ1v) is 5.25. The molecule has 0 atom stereocenters. The molecule has 0 aromatic rings. The first-order valence-electron chi connectivity index (χ1n) is 5.25. The van der Waals surface area contributed by atoms with Crippen molar-refractivity contribution in [3.8, 4) is 0 Å². The van der Waals surface area contributed by atoms with E-state index in [-0.39, 0.29) is 0 Å². The number of rotatable bonds is 6. The van der Waals surface area contributed by atoms with Gasteiger partial charge in [-0.15, -0.1) is 0 Å². The van der Waals surface area contributed by atoms with Gasteiger partial charge in [-0.1, -0.05) is 19.8 Å². The maximum atomic E-state index is 4.39. The van der Waals surface area contributed by atoms with Crippen molar-refractivity contribution >= 4 is 5.84 Å². The van der Waals surface area contributed by atoms with Crippen LogP contribution < -0.4 is 5.43 Å². The molecule has 0 aliphatic heterocycles. The molecule has 0 saturated heterocycles. The van der Waals surface area contributed by atoms with E-state index in [2.05, 4.69) is 17.5 Å². The van der Waals surface area contributed by atoms with E-state index in [4.69, 9.17) is 0 Å². The predicted octanol–water partition coefficient (Wildman–Crippen LogP) is 1.51. The molecule has 0 aromatic carbocycles. The van der Waals surface area contributed by atoms with Gasteiger partial charge < -0.3 is 10.4 Å². The van der Waals surface area contributed by atoms with Gasteiger partial charge in [-0.25, -0.2) is 5.01 Å². The maximum Gasteiger partial charge on any atom is 0.136 e. The number of nitrogens with one attached hydrogen (secondary N) is 1. The van der Waals surface area contributed by atoms with Crippen LogP contribution in [-0.2, 0) is 0 Å². The summed E-state index contributed by atoms with van der Waals surface area (Å²) in [6.45, 7) is 2.21. The highest BCUT2D eigenvalue weighted by atomic mass is 15.5. The molecular weight excluding hydrogens is 176 g/mol. The second kappa shape index (κ2) is 7.62. The third kappa shape index (κ3) is 7.86. The van der Waals surface area contributed by atoms with Crippen molar-refractivity contribution in [3.63, 3.8) is 0 Å². The average Bonchev–Trinajstić information content (AvgIpc) is 2.02. The molecule has 0 aliphatic rings. The Labute approximate surface area is 87.9 Å². The van der Waals surface area contributed by atoms with Crippen LogP contribution in [0.15, 0.2) is 5.10 Å². The van der Waals surface area contributed by atoms with Crippen molar-refractivity contribution in [2.45, 2.75) is 32.6 Å². The van der Waals surface area contributed by atoms with Crippen molar-refractivity contribution in [1.29, 1.82) is 0 Å². The van der Waals surface area contributed by atoms with Crippen molar-refractivity contribution in [2.24, 2.45) is 5.10 Å². The monoisotopic (exact) mass is 200 g/mol. The summed E-state index contributed by atoms with van der Waals surface area (Å²) < 4.78 is 0. The van der Waals surface area contributed by atoms with Crippen LogP contribution in [-0.4, -0.2) is 44.0 Å². The summed E-state index contributed by atoms with van der Waals surface area (Å²) in [5.74, 6) is 1.04. The molecule has 0 amide bonds. The second-order valence-corrected chi connectivity index (χ2v) is 3.86. The molecule has 0 unspecified atom stereocenters. The zero-order valence-corrected chi connectivity index (χ0v) is 10.2. The quantitative estimate of drug-likeness (QED) is 0.305. The molecule has 0 heterocycles. The molecule has 4 heteroatoms. The fraction of sp³-hybridized carbons (Fsp3) is 0.900. The number of hydrazone groups is 1. The highest BCUT2D eigenvalue weighted by Gasteiger charge is 2.00. The zero-order valence-electron chi connectivity index (χ0n) is 10.2. The molecule has 0 aliphatic carbocycles. The maximum absolute atomic E-state index is 4.39. The summed E-state index contributed by atoms with van der Waals surface area (Å²) in [5, 5.41) is 8.14. The number of amidine groups is 1. The van der Waals surface area contributed by atoms with Crippen LogP contribution in [0.1, 0.15) is 32.6 Å². The largest absolute Gasteiger partial charge is 0.306 e. The minimum atomic E-state index is 1.02. The van der Waals surface area contributed by atoms with Crippen LogP contribution in [0.3, 0.4) is 0 Å². The highest BCUT2D eigenvalue weighted by Crippen LogP contribution is 2.00. The molecule has 0 aromatic heterocycles. The van der Waals surface area contributed by atoms with E-state index in [9.17, 15) is 0 Å². The lowest BCUT2D eigenvalue weighted by atomic mass is 10.2. The normalized spacial score (nSPS) is 12.0. The SMILES string of the molecule is CCCCC/C(=N\N(C)C)NN(C)C. The summed E-state index contributed by atoms with van der Waals surface area (Å²) in [7, 11) is 7.84. The van der Waals surface area contributed by atoms with Crippen LogP contribution in [0.4, 0.5) is 0 Å². The van der Waals surface area contributed by atoms with Gasteiger partial charge in [0.1, 0.15) is 5.84 Å². The standard InChI is InChI=1S/C10H24N4/c1-6-7-8-9-10(11-13(2)3)12-14(4)5/h6-9H2,1-5H3,(H,11,12). The van der Waals surface area contributed by atoms with Crippen LogP contribution in [0.25, 0.3) is 0 Å².